The lowest BCUT2D eigenvalue weighted by molar-refractivity contribution is 0.417. The Morgan fingerprint density at radius 3 is 2.67 bits per heavy atom. The third kappa shape index (κ3) is 2.98. The molecule has 1 heterocycles. The van der Waals surface area contributed by atoms with E-state index in [0.717, 1.165) is 22.1 Å². The summed E-state index contributed by atoms with van der Waals surface area (Å²) in [5.41, 5.74) is 9.44. The van der Waals surface area contributed by atoms with Gasteiger partial charge in [0.1, 0.15) is 5.75 Å². The van der Waals surface area contributed by atoms with E-state index in [2.05, 4.69) is 10.3 Å². The second kappa shape index (κ2) is 5.85. The standard InChI is InChI=1S/C16H15N3OS/c1-20-15-8-7-11(9-13(15)17)14-10-21-16(19-14)18-12-5-3-2-4-6-12/h2-10H,17H2,1H3,(H,18,19). The molecule has 1 aromatic heterocycles. The van der Waals surface area contributed by atoms with Crippen molar-refractivity contribution in [2.45, 2.75) is 0 Å². The third-order valence-corrected chi connectivity index (χ3v) is 3.81. The van der Waals surface area contributed by atoms with Gasteiger partial charge in [-0.3, -0.25) is 0 Å². The zero-order valence-corrected chi connectivity index (χ0v) is 12.4. The number of thiazole rings is 1. The Hall–Kier alpha value is -2.53. The van der Waals surface area contributed by atoms with Crippen LogP contribution in [0.1, 0.15) is 0 Å². The zero-order valence-electron chi connectivity index (χ0n) is 11.5. The molecule has 0 aliphatic carbocycles. The number of hydrogen-bond donors (Lipinski definition) is 2. The highest BCUT2D eigenvalue weighted by Gasteiger charge is 2.07. The molecule has 3 aromatic rings. The number of nitrogen functional groups attached to an aromatic ring is 1. The van der Waals surface area contributed by atoms with Crippen molar-refractivity contribution in [1.29, 1.82) is 0 Å². The number of nitrogens with two attached hydrogens (primary N) is 1. The summed E-state index contributed by atoms with van der Waals surface area (Å²) in [5, 5.41) is 6.14. The minimum absolute atomic E-state index is 0.612. The Morgan fingerprint density at radius 1 is 1.14 bits per heavy atom. The molecule has 0 bridgehead atoms. The van der Waals surface area contributed by atoms with Crippen LogP contribution < -0.4 is 15.8 Å². The quantitative estimate of drug-likeness (QED) is 0.710. The van der Waals surface area contributed by atoms with E-state index in [0.29, 0.717) is 11.4 Å². The molecule has 0 spiro atoms. The predicted molar refractivity (Wildman–Crippen MR) is 88.2 cm³/mol. The van der Waals surface area contributed by atoms with Crippen LogP contribution in [0.25, 0.3) is 11.3 Å². The molecule has 3 N–H and O–H groups in total. The monoisotopic (exact) mass is 297 g/mol. The summed E-state index contributed by atoms with van der Waals surface area (Å²) in [5.74, 6) is 0.677. The molecule has 0 fully saturated rings. The Balaban J connectivity index is 1.83. The van der Waals surface area contributed by atoms with Crippen molar-refractivity contribution in [3.63, 3.8) is 0 Å². The van der Waals surface area contributed by atoms with E-state index < -0.39 is 0 Å². The van der Waals surface area contributed by atoms with Gasteiger partial charge in [0.25, 0.3) is 0 Å². The van der Waals surface area contributed by atoms with E-state index in [1.54, 1.807) is 18.4 Å². The number of ether oxygens (including phenoxy) is 1. The van der Waals surface area contributed by atoms with E-state index in [4.69, 9.17) is 10.5 Å². The van der Waals surface area contributed by atoms with Crippen LogP contribution >= 0.6 is 11.3 Å². The van der Waals surface area contributed by atoms with E-state index in [1.807, 2.05) is 53.9 Å². The molecule has 4 nitrogen and oxygen atoms in total. The van der Waals surface area contributed by atoms with Gasteiger partial charge in [0.2, 0.25) is 0 Å². The van der Waals surface area contributed by atoms with Crippen molar-refractivity contribution in [3.8, 4) is 17.0 Å². The van der Waals surface area contributed by atoms with Gasteiger partial charge in [0, 0.05) is 16.6 Å². The average Bonchev–Trinajstić information content (AvgIpc) is 2.97. The highest BCUT2D eigenvalue weighted by molar-refractivity contribution is 7.14. The van der Waals surface area contributed by atoms with Gasteiger partial charge < -0.3 is 15.8 Å². The van der Waals surface area contributed by atoms with E-state index >= 15 is 0 Å². The van der Waals surface area contributed by atoms with Crippen molar-refractivity contribution in [3.05, 3.63) is 53.9 Å². The molecule has 0 radical (unpaired) electrons. The van der Waals surface area contributed by atoms with E-state index in [1.165, 1.54) is 0 Å². The van der Waals surface area contributed by atoms with Crippen LogP contribution in [-0.2, 0) is 0 Å². The van der Waals surface area contributed by atoms with Gasteiger partial charge in [-0.2, -0.15) is 0 Å². The Labute approximate surface area is 127 Å². The van der Waals surface area contributed by atoms with Gasteiger partial charge in [-0.25, -0.2) is 4.98 Å². The first-order valence-corrected chi connectivity index (χ1v) is 7.36. The van der Waals surface area contributed by atoms with Crippen molar-refractivity contribution < 1.29 is 4.74 Å². The summed E-state index contributed by atoms with van der Waals surface area (Å²) in [6.45, 7) is 0. The fourth-order valence-corrected chi connectivity index (χ4v) is 2.74. The summed E-state index contributed by atoms with van der Waals surface area (Å²) in [7, 11) is 1.61. The number of nitrogens with one attached hydrogen (secondary N) is 1. The van der Waals surface area contributed by atoms with Crippen molar-refractivity contribution in [2.24, 2.45) is 0 Å². The summed E-state index contributed by atoms with van der Waals surface area (Å²) >= 11 is 1.56. The number of rotatable bonds is 4. The second-order valence-corrected chi connectivity index (χ2v) is 5.34. The van der Waals surface area contributed by atoms with Gasteiger partial charge in [0.05, 0.1) is 18.5 Å². The van der Waals surface area contributed by atoms with E-state index in [-0.39, 0.29) is 0 Å². The Bertz CT molecular complexity index is 740. The molecule has 2 aromatic carbocycles. The maximum atomic E-state index is 5.93. The number of para-hydroxylation sites is 1. The van der Waals surface area contributed by atoms with Crippen LogP contribution in [0, 0.1) is 0 Å². The first-order chi connectivity index (χ1) is 10.3. The fourth-order valence-electron chi connectivity index (χ4n) is 2.00. The highest BCUT2D eigenvalue weighted by atomic mass is 32.1. The Morgan fingerprint density at radius 2 is 1.95 bits per heavy atom. The topological polar surface area (TPSA) is 60.2 Å². The lowest BCUT2D eigenvalue weighted by atomic mass is 10.1. The van der Waals surface area contributed by atoms with Gasteiger partial charge in [-0.15, -0.1) is 11.3 Å². The molecule has 21 heavy (non-hydrogen) atoms. The van der Waals surface area contributed by atoms with Gasteiger partial charge >= 0.3 is 0 Å². The Kier molecular flexibility index (Phi) is 3.75. The maximum absolute atomic E-state index is 5.93. The summed E-state index contributed by atoms with van der Waals surface area (Å²) in [6, 6.07) is 15.7. The fraction of sp³-hybridized carbons (Fsp3) is 0.0625. The molecule has 106 valence electrons. The lowest BCUT2D eigenvalue weighted by Gasteiger charge is -2.05. The number of benzene rings is 2. The highest BCUT2D eigenvalue weighted by Crippen LogP contribution is 2.31. The van der Waals surface area contributed by atoms with Gasteiger partial charge in [-0.05, 0) is 30.3 Å². The molecule has 3 rings (SSSR count). The van der Waals surface area contributed by atoms with Crippen molar-refractivity contribution in [2.75, 3.05) is 18.2 Å². The first-order valence-electron chi connectivity index (χ1n) is 6.48. The predicted octanol–water partition coefficient (Wildman–Crippen LogP) is 4.14. The number of aromatic nitrogens is 1. The summed E-state index contributed by atoms with van der Waals surface area (Å²) in [6.07, 6.45) is 0. The zero-order chi connectivity index (χ0) is 14.7. The van der Waals surface area contributed by atoms with Crippen LogP contribution in [0.3, 0.4) is 0 Å². The lowest BCUT2D eigenvalue weighted by Crippen LogP contribution is -1.93. The molecular formula is C16H15N3OS. The molecule has 0 atom stereocenters. The van der Waals surface area contributed by atoms with Crippen molar-refractivity contribution >= 4 is 27.8 Å². The molecular weight excluding hydrogens is 282 g/mol. The molecule has 0 amide bonds. The minimum Gasteiger partial charge on any atom is -0.495 e. The smallest absolute Gasteiger partial charge is 0.187 e. The molecule has 0 aliphatic heterocycles. The van der Waals surface area contributed by atoms with Crippen molar-refractivity contribution in [1.82, 2.24) is 4.98 Å². The van der Waals surface area contributed by atoms with Crippen LogP contribution in [0.5, 0.6) is 5.75 Å². The first kappa shape index (κ1) is 13.5. The van der Waals surface area contributed by atoms with Crippen LogP contribution in [0.4, 0.5) is 16.5 Å². The summed E-state index contributed by atoms with van der Waals surface area (Å²) < 4.78 is 5.16. The summed E-state index contributed by atoms with van der Waals surface area (Å²) in [4.78, 5) is 4.58. The number of anilines is 3. The number of hydrogen-bond acceptors (Lipinski definition) is 5. The molecule has 0 aliphatic rings. The normalized spacial score (nSPS) is 10.3. The van der Waals surface area contributed by atoms with Crippen LogP contribution in [0.15, 0.2) is 53.9 Å². The average molecular weight is 297 g/mol. The van der Waals surface area contributed by atoms with Crippen LogP contribution in [0.2, 0.25) is 0 Å². The largest absolute Gasteiger partial charge is 0.495 e. The molecule has 0 unspecified atom stereocenters. The third-order valence-electron chi connectivity index (χ3n) is 3.05. The number of methoxy groups -OCH3 is 1. The molecule has 5 heteroatoms. The maximum Gasteiger partial charge on any atom is 0.187 e. The number of nitrogens with zero attached hydrogens (tertiary/aromatic N) is 1. The van der Waals surface area contributed by atoms with Gasteiger partial charge in [-0.1, -0.05) is 18.2 Å². The SMILES string of the molecule is COc1ccc(-c2csc(Nc3ccccc3)n2)cc1N. The molecule has 0 saturated carbocycles. The minimum atomic E-state index is 0.612. The second-order valence-electron chi connectivity index (χ2n) is 4.49. The van der Waals surface area contributed by atoms with E-state index in [9.17, 15) is 0 Å². The molecule has 0 saturated heterocycles. The van der Waals surface area contributed by atoms with Gasteiger partial charge in [0.15, 0.2) is 5.13 Å². The van der Waals surface area contributed by atoms with Crippen LogP contribution in [-0.4, -0.2) is 12.1 Å².